The highest BCUT2D eigenvalue weighted by Gasteiger charge is 2.30. The van der Waals surface area contributed by atoms with Crippen molar-refractivity contribution >= 4 is 17.2 Å². The number of amides is 1. The molecular formula is C18H29N3O2S. The standard InChI is InChI=1S/C18H29N3O2S/c1-14-17(24-13-19-14)12-20-9-5-15(16(23-2)6-10-20)11-18(22)21-7-3-4-8-21/h13,15-16H,3-12H2,1-2H3/t15-,16+/m1/s1. The Morgan fingerprint density at radius 3 is 2.71 bits per heavy atom. The third kappa shape index (κ3) is 4.35. The molecule has 2 fully saturated rings. The molecule has 134 valence electrons. The number of ether oxygens (including phenoxy) is 1. The van der Waals surface area contributed by atoms with Crippen LogP contribution in [-0.4, -0.2) is 60.1 Å². The quantitative estimate of drug-likeness (QED) is 0.818. The summed E-state index contributed by atoms with van der Waals surface area (Å²) >= 11 is 1.74. The van der Waals surface area contributed by atoms with Gasteiger partial charge in [0, 0.05) is 44.6 Å². The van der Waals surface area contributed by atoms with Crippen LogP contribution < -0.4 is 0 Å². The Labute approximate surface area is 149 Å². The number of methoxy groups -OCH3 is 1. The number of aromatic nitrogens is 1. The van der Waals surface area contributed by atoms with Gasteiger partial charge in [-0.3, -0.25) is 9.69 Å². The summed E-state index contributed by atoms with van der Waals surface area (Å²) in [7, 11) is 1.79. The molecule has 0 spiro atoms. The highest BCUT2D eigenvalue weighted by molar-refractivity contribution is 7.09. The van der Waals surface area contributed by atoms with Crippen molar-refractivity contribution in [1.82, 2.24) is 14.8 Å². The van der Waals surface area contributed by atoms with Crippen molar-refractivity contribution < 1.29 is 9.53 Å². The van der Waals surface area contributed by atoms with Crippen LogP contribution in [0.25, 0.3) is 0 Å². The molecule has 0 radical (unpaired) electrons. The summed E-state index contributed by atoms with van der Waals surface area (Å²) in [6.07, 6.45) is 5.20. The highest BCUT2D eigenvalue weighted by Crippen LogP contribution is 2.27. The van der Waals surface area contributed by atoms with Crippen LogP contribution >= 0.6 is 11.3 Å². The summed E-state index contributed by atoms with van der Waals surface area (Å²) in [6.45, 7) is 7.01. The van der Waals surface area contributed by atoms with E-state index in [4.69, 9.17) is 4.74 Å². The number of carbonyl (C=O) groups is 1. The Bertz CT molecular complexity index is 542. The van der Waals surface area contributed by atoms with Crippen molar-refractivity contribution in [3.8, 4) is 0 Å². The molecule has 0 unspecified atom stereocenters. The van der Waals surface area contributed by atoms with E-state index in [-0.39, 0.29) is 6.10 Å². The molecule has 5 nitrogen and oxygen atoms in total. The predicted molar refractivity (Wildman–Crippen MR) is 96.1 cm³/mol. The smallest absolute Gasteiger partial charge is 0.222 e. The second-order valence-corrected chi connectivity index (χ2v) is 7.98. The van der Waals surface area contributed by atoms with Gasteiger partial charge in [-0.25, -0.2) is 4.98 Å². The van der Waals surface area contributed by atoms with Crippen molar-refractivity contribution in [3.05, 3.63) is 16.1 Å². The van der Waals surface area contributed by atoms with Crippen molar-refractivity contribution in [2.24, 2.45) is 5.92 Å². The van der Waals surface area contributed by atoms with Crippen LogP contribution in [0.3, 0.4) is 0 Å². The van der Waals surface area contributed by atoms with E-state index in [1.165, 1.54) is 4.88 Å². The number of rotatable bonds is 5. The molecule has 6 heteroatoms. The second kappa shape index (κ2) is 8.41. The first-order valence-electron chi connectivity index (χ1n) is 9.09. The molecule has 2 aliphatic rings. The monoisotopic (exact) mass is 351 g/mol. The minimum absolute atomic E-state index is 0.198. The fourth-order valence-electron chi connectivity index (χ4n) is 3.89. The first-order valence-corrected chi connectivity index (χ1v) is 9.97. The Morgan fingerprint density at radius 1 is 1.29 bits per heavy atom. The molecule has 1 aromatic heterocycles. The number of thiazole rings is 1. The maximum absolute atomic E-state index is 12.5. The van der Waals surface area contributed by atoms with Crippen molar-refractivity contribution in [3.63, 3.8) is 0 Å². The molecule has 1 aromatic rings. The van der Waals surface area contributed by atoms with Crippen molar-refractivity contribution in [1.29, 1.82) is 0 Å². The van der Waals surface area contributed by atoms with Gasteiger partial charge in [0.25, 0.3) is 0 Å². The fraction of sp³-hybridized carbons (Fsp3) is 0.778. The number of carbonyl (C=O) groups excluding carboxylic acids is 1. The molecule has 0 saturated carbocycles. The lowest BCUT2D eigenvalue weighted by Crippen LogP contribution is -2.33. The normalized spacial score (nSPS) is 25.8. The van der Waals surface area contributed by atoms with Crippen LogP contribution in [-0.2, 0) is 16.1 Å². The summed E-state index contributed by atoms with van der Waals surface area (Å²) in [5.74, 6) is 0.668. The average Bonchev–Trinajstić information content (AvgIpc) is 3.20. The lowest BCUT2D eigenvalue weighted by molar-refractivity contribution is -0.132. The zero-order valence-electron chi connectivity index (χ0n) is 14.9. The second-order valence-electron chi connectivity index (χ2n) is 7.04. The van der Waals surface area contributed by atoms with Gasteiger partial charge in [0.15, 0.2) is 0 Å². The van der Waals surface area contributed by atoms with Gasteiger partial charge in [-0.1, -0.05) is 0 Å². The van der Waals surface area contributed by atoms with Gasteiger partial charge in [-0.15, -0.1) is 11.3 Å². The SMILES string of the molecule is CO[C@H]1CCN(Cc2scnc2C)CC[C@@H]1CC(=O)N1CCCC1. The molecule has 0 aliphatic carbocycles. The minimum Gasteiger partial charge on any atom is -0.381 e. The van der Waals surface area contributed by atoms with Crippen LogP contribution in [0.15, 0.2) is 5.51 Å². The third-order valence-electron chi connectivity index (χ3n) is 5.48. The first kappa shape index (κ1) is 17.8. The number of hydrogen-bond donors (Lipinski definition) is 0. The first-order chi connectivity index (χ1) is 11.7. The molecule has 0 aromatic carbocycles. The summed E-state index contributed by atoms with van der Waals surface area (Å²) in [5.41, 5.74) is 3.08. The molecule has 0 N–H and O–H groups in total. The Morgan fingerprint density at radius 2 is 2.04 bits per heavy atom. The summed E-state index contributed by atoms with van der Waals surface area (Å²) < 4.78 is 5.75. The van der Waals surface area contributed by atoms with Gasteiger partial charge < -0.3 is 9.64 Å². The maximum atomic E-state index is 12.5. The van der Waals surface area contributed by atoms with Crippen molar-refractivity contribution in [2.75, 3.05) is 33.3 Å². The lowest BCUT2D eigenvalue weighted by Gasteiger charge is -2.25. The number of nitrogens with zero attached hydrogens (tertiary/aromatic N) is 3. The molecule has 2 saturated heterocycles. The minimum atomic E-state index is 0.198. The van der Waals surface area contributed by atoms with Gasteiger partial charge in [0.05, 0.1) is 17.3 Å². The Hall–Kier alpha value is -0.980. The van der Waals surface area contributed by atoms with Crippen LogP contribution in [0.2, 0.25) is 0 Å². The lowest BCUT2D eigenvalue weighted by atomic mass is 9.93. The zero-order chi connectivity index (χ0) is 16.9. The third-order valence-corrected chi connectivity index (χ3v) is 6.40. The van der Waals surface area contributed by atoms with Gasteiger partial charge >= 0.3 is 0 Å². The van der Waals surface area contributed by atoms with Gasteiger partial charge in [-0.05, 0) is 45.1 Å². The Kier molecular flexibility index (Phi) is 6.25. The van der Waals surface area contributed by atoms with E-state index >= 15 is 0 Å². The number of aryl methyl sites for hydroxylation is 1. The van der Waals surface area contributed by atoms with Gasteiger partial charge in [0.1, 0.15) is 0 Å². The summed E-state index contributed by atoms with van der Waals surface area (Å²) in [5, 5.41) is 0. The largest absolute Gasteiger partial charge is 0.381 e. The van der Waals surface area contributed by atoms with Crippen molar-refractivity contribution in [2.45, 2.75) is 51.7 Å². The molecule has 0 bridgehead atoms. The number of hydrogen-bond acceptors (Lipinski definition) is 5. The maximum Gasteiger partial charge on any atom is 0.222 e. The van der Waals surface area contributed by atoms with E-state index in [0.717, 1.165) is 64.1 Å². The van der Waals surface area contributed by atoms with E-state index < -0.39 is 0 Å². The van der Waals surface area contributed by atoms with Crippen LogP contribution in [0.5, 0.6) is 0 Å². The molecule has 3 rings (SSSR count). The predicted octanol–water partition coefficient (Wildman–Crippen LogP) is 2.69. The topological polar surface area (TPSA) is 45.7 Å². The van der Waals surface area contributed by atoms with Crippen LogP contribution in [0.4, 0.5) is 0 Å². The van der Waals surface area contributed by atoms with Gasteiger partial charge in [-0.2, -0.15) is 0 Å². The molecule has 3 heterocycles. The molecule has 24 heavy (non-hydrogen) atoms. The van der Waals surface area contributed by atoms with E-state index in [2.05, 4.69) is 16.8 Å². The van der Waals surface area contributed by atoms with E-state index in [9.17, 15) is 4.79 Å². The fourth-order valence-corrected chi connectivity index (χ4v) is 4.71. The molecule has 2 aliphatic heterocycles. The van der Waals surface area contributed by atoms with E-state index in [1.807, 2.05) is 10.4 Å². The molecular weight excluding hydrogens is 322 g/mol. The summed E-state index contributed by atoms with van der Waals surface area (Å²) in [6, 6.07) is 0. The number of likely N-dealkylation sites (tertiary alicyclic amines) is 2. The Balaban J connectivity index is 1.57. The average molecular weight is 352 g/mol. The van der Waals surface area contributed by atoms with Crippen LogP contribution in [0.1, 0.15) is 42.7 Å². The zero-order valence-corrected chi connectivity index (χ0v) is 15.7. The molecule has 1 amide bonds. The summed E-state index contributed by atoms with van der Waals surface area (Å²) in [4.78, 5) is 22.8. The van der Waals surface area contributed by atoms with E-state index in [1.54, 1.807) is 18.4 Å². The van der Waals surface area contributed by atoms with E-state index in [0.29, 0.717) is 18.2 Å². The van der Waals surface area contributed by atoms with Gasteiger partial charge in [0.2, 0.25) is 5.91 Å². The highest BCUT2D eigenvalue weighted by atomic mass is 32.1. The molecule has 2 atom stereocenters. The van der Waals surface area contributed by atoms with Crippen LogP contribution in [0, 0.1) is 12.8 Å².